The van der Waals surface area contributed by atoms with Crippen molar-refractivity contribution in [3.63, 3.8) is 0 Å². The molecule has 4 heteroatoms. The predicted molar refractivity (Wildman–Crippen MR) is 225 cm³/mol. The van der Waals surface area contributed by atoms with E-state index >= 15 is 0 Å². The number of para-hydroxylation sites is 3. The van der Waals surface area contributed by atoms with Gasteiger partial charge in [0.2, 0.25) is 0 Å². The minimum absolute atomic E-state index is 0.707. The van der Waals surface area contributed by atoms with Crippen LogP contribution in [0.4, 0.5) is 0 Å². The van der Waals surface area contributed by atoms with Gasteiger partial charge >= 0.3 is 0 Å². The van der Waals surface area contributed by atoms with Crippen LogP contribution in [0.2, 0.25) is 0 Å². The van der Waals surface area contributed by atoms with Gasteiger partial charge in [-0.25, -0.2) is 9.97 Å². The van der Waals surface area contributed by atoms with Crippen molar-refractivity contribution in [2.45, 2.75) is 0 Å². The van der Waals surface area contributed by atoms with Crippen molar-refractivity contribution in [2.75, 3.05) is 0 Å². The van der Waals surface area contributed by atoms with Crippen molar-refractivity contribution < 1.29 is 0 Å². The second kappa shape index (κ2) is 12.1. The molecule has 0 radical (unpaired) electrons. The summed E-state index contributed by atoms with van der Waals surface area (Å²) in [5.74, 6) is 0.707. The molecule has 3 aromatic heterocycles. The van der Waals surface area contributed by atoms with Gasteiger partial charge in [0, 0.05) is 49.4 Å². The Bertz CT molecular complexity index is 3210. The summed E-state index contributed by atoms with van der Waals surface area (Å²) in [4.78, 5) is 10.3. The Balaban J connectivity index is 1.14. The van der Waals surface area contributed by atoms with Crippen LogP contribution in [-0.2, 0) is 0 Å². The zero-order valence-electron chi connectivity index (χ0n) is 29.3. The lowest BCUT2D eigenvalue weighted by Gasteiger charge is -2.12. The van der Waals surface area contributed by atoms with Crippen molar-refractivity contribution in [3.8, 4) is 45.1 Å². The summed E-state index contributed by atoms with van der Waals surface area (Å²) >= 11 is 0. The Hall–Kier alpha value is -7.30. The Labute approximate surface area is 311 Å². The second-order valence-corrected chi connectivity index (χ2v) is 13.8. The smallest absolute Gasteiger partial charge is 0.160 e. The number of hydrogen-bond acceptors (Lipinski definition) is 2. The summed E-state index contributed by atoms with van der Waals surface area (Å²) in [6.07, 6.45) is 0. The molecule has 0 unspecified atom stereocenters. The standard InChI is InChI=1S/C50H32N4/c1-3-15-33(16-4-1)35-19-13-21-37(29-35)53-45-27-11-8-23-39(45)42-32-48-43(31-47(42)53)40-24-9-12-28-46(40)54(48)38-22-14-20-36(30-38)50-51-44-26-10-7-25-41(44)49(52-50)34-17-5-2-6-18-34/h1-32H. The third kappa shape index (κ3) is 4.78. The van der Waals surface area contributed by atoms with E-state index in [0.29, 0.717) is 5.82 Å². The molecule has 0 saturated carbocycles. The number of benzene rings is 8. The number of fused-ring (bicyclic) bond motifs is 7. The lowest BCUT2D eigenvalue weighted by atomic mass is 10.1. The van der Waals surface area contributed by atoms with E-state index in [1.165, 1.54) is 43.7 Å². The Morgan fingerprint density at radius 2 is 0.778 bits per heavy atom. The molecule has 11 rings (SSSR count). The molecule has 0 aliphatic heterocycles. The van der Waals surface area contributed by atoms with Crippen LogP contribution in [0, 0.1) is 0 Å². The van der Waals surface area contributed by atoms with Crippen molar-refractivity contribution >= 4 is 54.5 Å². The van der Waals surface area contributed by atoms with Gasteiger partial charge in [-0.2, -0.15) is 0 Å². The number of rotatable bonds is 5. The molecule has 8 aromatic carbocycles. The van der Waals surface area contributed by atoms with E-state index < -0.39 is 0 Å². The van der Waals surface area contributed by atoms with Crippen molar-refractivity contribution in [2.24, 2.45) is 0 Å². The highest BCUT2D eigenvalue weighted by molar-refractivity contribution is 6.19. The van der Waals surface area contributed by atoms with E-state index in [9.17, 15) is 0 Å². The summed E-state index contributed by atoms with van der Waals surface area (Å²) < 4.78 is 4.82. The first kappa shape index (κ1) is 30.3. The Kier molecular flexibility index (Phi) is 6.82. The predicted octanol–water partition coefficient (Wildman–Crippen LogP) is 12.8. The van der Waals surface area contributed by atoms with Gasteiger partial charge in [-0.3, -0.25) is 0 Å². The zero-order valence-corrected chi connectivity index (χ0v) is 29.3. The van der Waals surface area contributed by atoms with E-state index in [2.05, 4.69) is 191 Å². The molecule has 0 bridgehead atoms. The number of hydrogen-bond donors (Lipinski definition) is 0. The maximum absolute atomic E-state index is 5.20. The quantitative estimate of drug-likeness (QED) is 0.180. The molecule has 0 atom stereocenters. The summed E-state index contributed by atoms with van der Waals surface area (Å²) in [5, 5.41) is 5.90. The number of nitrogens with zero attached hydrogens (tertiary/aromatic N) is 4. The summed E-state index contributed by atoms with van der Waals surface area (Å²) in [7, 11) is 0. The molecule has 0 aliphatic rings. The minimum atomic E-state index is 0.707. The largest absolute Gasteiger partial charge is 0.309 e. The van der Waals surface area contributed by atoms with Gasteiger partial charge < -0.3 is 9.13 Å². The fourth-order valence-electron chi connectivity index (χ4n) is 8.25. The van der Waals surface area contributed by atoms with E-state index in [1.54, 1.807) is 0 Å². The van der Waals surface area contributed by atoms with Crippen LogP contribution in [0.25, 0.3) is 99.7 Å². The molecule has 11 aromatic rings. The molecule has 0 aliphatic carbocycles. The first-order chi connectivity index (χ1) is 26.8. The Morgan fingerprint density at radius 1 is 0.296 bits per heavy atom. The van der Waals surface area contributed by atoms with Gasteiger partial charge in [0.1, 0.15) is 0 Å². The van der Waals surface area contributed by atoms with Crippen LogP contribution in [0.15, 0.2) is 194 Å². The average Bonchev–Trinajstić information content (AvgIpc) is 3.75. The minimum Gasteiger partial charge on any atom is -0.309 e. The van der Waals surface area contributed by atoms with E-state index in [0.717, 1.165) is 50.1 Å². The molecule has 252 valence electrons. The molecule has 3 heterocycles. The SMILES string of the molecule is c1ccc(-c2cccc(-n3c4ccccc4c4cc5c(cc43)c3ccccc3n5-c3cccc(-c4nc(-c5ccccc5)c5ccccc5n4)c3)c2)cc1. The van der Waals surface area contributed by atoms with Crippen molar-refractivity contribution in [1.29, 1.82) is 0 Å². The molecule has 0 fully saturated rings. The van der Waals surface area contributed by atoms with Gasteiger partial charge in [0.05, 0.1) is 33.3 Å². The van der Waals surface area contributed by atoms with Crippen LogP contribution in [0.1, 0.15) is 0 Å². The maximum atomic E-state index is 5.20. The number of aromatic nitrogens is 4. The highest BCUT2D eigenvalue weighted by Gasteiger charge is 2.19. The fraction of sp³-hybridized carbons (Fsp3) is 0. The lowest BCUT2D eigenvalue weighted by Crippen LogP contribution is -1.98. The van der Waals surface area contributed by atoms with Crippen LogP contribution >= 0.6 is 0 Å². The van der Waals surface area contributed by atoms with Gasteiger partial charge in [0.25, 0.3) is 0 Å². The van der Waals surface area contributed by atoms with Crippen molar-refractivity contribution in [3.05, 3.63) is 194 Å². The molecular weight excluding hydrogens is 657 g/mol. The first-order valence-electron chi connectivity index (χ1n) is 18.3. The van der Waals surface area contributed by atoms with Crippen LogP contribution < -0.4 is 0 Å². The lowest BCUT2D eigenvalue weighted by molar-refractivity contribution is 1.17. The molecule has 0 spiro atoms. The van der Waals surface area contributed by atoms with Gasteiger partial charge in [0.15, 0.2) is 5.82 Å². The maximum Gasteiger partial charge on any atom is 0.160 e. The van der Waals surface area contributed by atoms with Gasteiger partial charge in [-0.15, -0.1) is 0 Å². The second-order valence-electron chi connectivity index (χ2n) is 13.8. The highest BCUT2D eigenvalue weighted by Crippen LogP contribution is 2.40. The topological polar surface area (TPSA) is 35.6 Å². The summed E-state index contributed by atoms with van der Waals surface area (Å²) in [6, 6.07) is 69.1. The van der Waals surface area contributed by atoms with E-state index in [-0.39, 0.29) is 0 Å². The Morgan fingerprint density at radius 3 is 1.41 bits per heavy atom. The molecule has 0 amide bonds. The van der Waals surface area contributed by atoms with Crippen LogP contribution in [-0.4, -0.2) is 19.1 Å². The fourth-order valence-corrected chi connectivity index (χ4v) is 8.25. The molecule has 4 nitrogen and oxygen atoms in total. The first-order valence-corrected chi connectivity index (χ1v) is 18.3. The molecule has 54 heavy (non-hydrogen) atoms. The zero-order chi connectivity index (χ0) is 35.6. The van der Waals surface area contributed by atoms with E-state index in [4.69, 9.17) is 9.97 Å². The normalized spacial score (nSPS) is 11.7. The third-order valence-electron chi connectivity index (χ3n) is 10.7. The summed E-state index contributed by atoms with van der Waals surface area (Å²) in [5.41, 5.74) is 13.2. The average molecular weight is 689 g/mol. The van der Waals surface area contributed by atoms with Crippen LogP contribution in [0.3, 0.4) is 0 Å². The highest BCUT2D eigenvalue weighted by atomic mass is 15.0. The molecule has 0 saturated heterocycles. The van der Waals surface area contributed by atoms with Crippen LogP contribution in [0.5, 0.6) is 0 Å². The monoisotopic (exact) mass is 688 g/mol. The van der Waals surface area contributed by atoms with E-state index in [1.807, 2.05) is 12.1 Å². The van der Waals surface area contributed by atoms with Gasteiger partial charge in [-0.1, -0.05) is 140 Å². The summed E-state index contributed by atoms with van der Waals surface area (Å²) in [6.45, 7) is 0. The third-order valence-corrected chi connectivity index (χ3v) is 10.7. The molecule has 0 N–H and O–H groups in total. The van der Waals surface area contributed by atoms with Crippen molar-refractivity contribution in [1.82, 2.24) is 19.1 Å². The molecular formula is C50H32N4. The van der Waals surface area contributed by atoms with Gasteiger partial charge in [-0.05, 0) is 65.7 Å².